The van der Waals surface area contributed by atoms with Crippen molar-refractivity contribution < 1.29 is 14.3 Å². The second kappa shape index (κ2) is 7.78. The molecule has 2 amide bonds. The number of ether oxygens (including phenoxy) is 1. The van der Waals surface area contributed by atoms with E-state index >= 15 is 0 Å². The third kappa shape index (κ3) is 5.30. The van der Waals surface area contributed by atoms with Gasteiger partial charge < -0.3 is 15.8 Å². The smallest absolute Gasteiger partial charge is 0.238 e. The fourth-order valence-corrected chi connectivity index (χ4v) is 1.47. The highest BCUT2D eigenvalue weighted by Crippen LogP contribution is 2.24. The molecule has 0 bridgehead atoms. The zero-order chi connectivity index (χ0) is 14.3. The zero-order valence-corrected chi connectivity index (χ0v) is 12.3. The van der Waals surface area contributed by atoms with Gasteiger partial charge in [0.05, 0.1) is 23.5 Å². The van der Waals surface area contributed by atoms with Crippen LogP contribution in [-0.4, -0.2) is 23.2 Å². The number of amides is 2. The summed E-state index contributed by atoms with van der Waals surface area (Å²) in [7, 11) is 0. The third-order valence-electron chi connectivity index (χ3n) is 2.39. The summed E-state index contributed by atoms with van der Waals surface area (Å²) in [5.74, 6) is -0.0330. The van der Waals surface area contributed by atoms with Gasteiger partial charge in [0, 0.05) is 0 Å². The van der Waals surface area contributed by atoms with E-state index < -0.39 is 5.91 Å². The molecule has 5 nitrogen and oxygen atoms in total. The third-order valence-corrected chi connectivity index (χ3v) is 3.46. The van der Waals surface area contributed by atoms with Gasteiger partial charge in [0.2, 0.25) is 11.8 Å². The molecule has 0 saturated heterocycles. The van der Waals surface area contributed by atoms with E-state index in [1.807, 2.05) is 6.92 Å². The van der Waals surface area contributed by atoms with Gasteiger partial charge in [-0.15, -0.1) is 0 Å². The number of alkyl halides is 1. The lowest BCUT2D eigenvalue weighted by atomic mass is 10.2. The van der Waals surface area contributed by atoms with E-state index in [1.165, 1.54) is 0 Å². The lowest BCUT2D eigenvalue weighted by molar-refractivity contribution is -0.118. The molecule has 104 valence electrons. The van der Waals surface area contributed by atoms with Gasteiger partial charge in [-0.2, -0.15) is 0 Å². The van der Waals surface area contributed by atoms with Gasteiger partial charge in [0.25, 0.3) is 0 Å². The molecule has 1 atom stereocenters. The Morgan fingerprint density at radius 2 is 2.11 bits per heavy atom. The fraction of sp³-hybridized carbons (Fsp3) is 0.385. The quantitative estimate of drug-likeness (QED) is 0.751. The largest absolute Gasteiger partial charge is 0.491 e. The molecule has 0 radical (unpaired) electrons. The number of primary amides is 1. The first-order valence-electron chi connectivity index (χ1n) is 5.99. The SMILES string of the molecule is CCC(Br)C(=O)Nc1ccccc1OCCC(N)=O. The van der Waals surface area contributed by atoms with Gasteiger partial charge in [-0.3, -0.25) is 9.59 Å². The molecule has 0 spiro atoms. The molecular formula is C13H17BrN2O3. The zero-order valence-electron chi connectivity index (χ0n) is 10.7. The van der Waals surface area contributed by atoms with Crippen LogP contribution in [0.5, 0.6) is 5.75 Å². The first-order valence-corrected chi connectivity index (χ1v) is 6.91. The van der Waals surface area contributed by atoms with Crippen molar-refractivity contribution in [1.82, 2.24) is 0 Å². The number of rotatable bonds is 7. The summed E-state index contributed by atoms with van der Waals surface area (Å²) in [6.45, 7) is 2.10. The van der Waals surface area contributed by atoms with Gasteiger partial charge in [-0.05, 0) is 18.6 Å². The number of anilines is 1. The molecule has 0 heterocycles. The molecule has 0 aliphatic heterocycles. The second-order valence-corrected chi connectivity index (χ2v) is 5.03. The molecule has 0 saturated carbocycles. The minimum atomic E-state index is -0.423. The summed E-state index contributed by atoms with van der Waals surface area (Å²) >= 11 is 3.28. The standard InChI is InChI=1S/C13H17BrN2O3/c1-2-9(14)13(18)16-10-5-3-4-6-11(10)19-8-7-12(15)17/h3-6,9H,2,7-8H2,1H3,(H2,15,17)(H,16,18). The summed E-state index contributed by atoms with van der Waals surface area (Å²) in [6, 6.07) is 7.06. The van der Waals surface area contributed by atoms with Crippen molar-refractivity contribution >= 4 is 33.4 Å². The maximum absolute atomic E-state index is 11.8. The Hall–Kier alpha value is -1.56. The van der Waals surface area contributed by atoms with Crippen molar-refractivity contribution in [2.24, 2.45) is 5.73 Å². The highest BCUT2D eigenvalue weighted by Gasteiger charge is 2.14. The maximum atomic E-state index is 11.8. The maximum Gasteiger partial charge on any atom is 0.238 e. The topological polar surface area (TPSA) is 81.4 Å². The van der Waals surface area contributed by atoms with Crippen LogP contribution in [0, 0.1) is 0 Å². The molecule has 1 rings (SSSR count). The van der Waals surface area contributed by atoms with Crippen molar-refractivity contribution in [1.29, 1.82) is 0 Å². The fourth-order valence-electron chi connectivity index (χ4n) is 1.35. The molecule has 1 unspecified atom stereocenters. The van der Waals surface area contributed by atoms with E-state index in [0.29, 0.717) is 17.9 Å². The predicted molar refractivity (Wildman–Crippen MR) is 77.4 cm³/mol. The van der Waals surface area contributed by atoms with Crippen molar-refractivity contribution in [2.75, 3.05) is 11.9 Å². The highest BCUT2D eigenvalue weighted by molar-refractivity contribution is 9.10. The summed E-state index contributed by atoms with van der Waals surface area (Å²) in [6.07, 6.45) is 0.828. The van der Waals surface area contributed by atoms with Crippen LogP contribution >= 0.6 is 15.9 Å². The van der Waals surface area contributed by atoms with Crippen molar-refractivity contribution in [3.8, 4) is 5.75 Å². The first kappa shape index (κ1) is 15.5. The number of hydrogen-bond acceptors (Lipinski definition) is 3. The average molecular weight is 329 g/mol. The van der Waals surface area contributed by atoms with E-state index in [9.17, 15) is 9.59 Å². The Balaban J connectivity index is 2.67. The lowest BCUT2D eigenvalue weighted by Crippen LogP contribution is -2.22. The second-order valence-electron chi connectivity index (χ2n) is 3.93. The molecule has 1 aromatic rings. The molecule has 0 aliphatic rings. The van der Waals surface area contributed by atoms with Gasteiger partial charge in [-0.25, -0.2) is 0 Å². The number of para-hydroxylation sites is 2. The number of nitrogens with two attached hydrogens (primary N) is 1. The Kier molecular flexibility index (Phi) is 6.35. The van der Waals surface area contributed by atoms with Crippen LogP contribution in [-0.2, 0) is 9.59 Å². The first-order chi connectivity index (χ1) is 9.04. The van der Waals surface area contributed by atoms with Gasteiger partial charge >= 0.3 is 0 Å². The molecule has 0 aromatic heterocycles. The molecule has 1 aromatic carbocycles. The Morgan fingerprint density at radius 3 is 2.74 bits per heavy atom. The molecule has 0 aliphatic carbocycles. The van der Waals surface area contributed by atoms with E-state index in [4.69, 9.17) is 10.5 Å². The van der Waals surface area contributed by atoms with Gasteiger partial charge in [0.15, 0.2) is 0 Å². The number of carbonyl (C=O) groups excluding carboxylic acids is 2. The van der Waals surface area contributed by atoms with Crippen LogP contribution in [0.4, 0.5) is 5.69 Å². The van der Waals surface area contributed by atoms with E-state index in [1.54, 1.807) is 24.3 Å². The van der Waals surface area contributed by atoms with Crippen molar-refractivity contribution in [3.63, 3.8) is 0 Å². The Bertz CT molecular complexity index is 451. The monoisotopic (exact) mass is 328 g/mol. The van der Waals surface area contributed by atoms with E-state index in [-0.39, 0.29) is 23.8 Å². The molecule has 6 heteroatoms. The molecule has 3 N–H and O–H groups in total. The van der Waals surface area contributed by atoms with Gasteiger partial charge in [0.1, 0.15) is 5.75 Å². The van der Waals surface area contributed by atoms with Crippen LogP contribution in [0.25, 0.3) is 0 Å². The molecular weight excluding hydrogens is 312 g/mol. The van der Waals surface area contributed by atoms with E-state index in [0.717, 1.165) is 0 Å². The van der Waals surface area contributed by atoms with Crippen LogP contribution in [0.15, 0.2) is 24.3 Å². The van der Waals surface area contributed by atoms with Crippen molar-refractivity contribution in [3.05, 3.63) is 24.3 Å². The Morgan fingerprint density at radius 1 is 1.42 bits per heavy atom. The number of benzene rings is 1. The average Bonchev–Trinajstić information content (AvgIpc) is 2.39. The predicted octanol–water partition coefficient (Wildman–Crippen LogP) is 2.05. The minimum Gasteiger partial charge on any atom is -0.491 e. The number of nitrogens with one attached hydrogen (secondary N) is 1. The molecule has 19 heavy (non-hydrogen) atoms. The number of hydrogen-bond donors (Lipinski definition) is 2. The van der Waals surface area contributed by atoms with Crippen LogP contribution in [0.3, 0.4) is 0 Å². The van der Waals surface area contributed by atoms with Crippen molar-refractivity contribution in [2.45, 2.75) is 24.6 Å². The van der Waals surface area contributed by atoms with E-state index in [2.05, 4.69) is 21.2 Å². The summed E-state index contributed by atoms with van der Waals surface area (Å²) in [5, 5.41) is 2.77. The summed E-state index contributed by atoms with van der Waals surface area (Å²) in [4.78, 5) is 22.2. The number of halogens is 1. The Labute approximate surface area is 120 Å². The molecule has 0 fully saturated rings. The highest BCUT2D eigenvalue weighted by atomic mass is 79.9. The normalized spacial score (nSPS) is 11.7. The van der Waals surface area contributed by atoms with Crippen LogP contribution in [0.1, 0.15) is 19.8 Å². The minimum absolute atomic E-state index is 0.131. The number of carbonyl (C=O) groups is 2. The summed E-state index contributed by atoms with van der Waals surface area (Å²) < 4.78 is 5.43. The summed E-state index contributed by atoms with van der Waals surface area (Å²) in [5.41, 5.74) is 5.62. The van der Waals surface area contributed by atoms with Crippen LogP contribution < -0.4 is 15.8 Å². The van der Waals surface area contributed by atoms with Gasteiger partial charge in [-0.1, -0.05) is 35.0 Å². The lowest BCUT2D eigenvalue weighted by Gasteiger charge is -2.13. The van der Waals surface area contributed by atoms with Crippen LogP contribution in [0.2, 0.25) is 0 Å².